The van der Waals surface area contributed by atoms with Crippen LogP contribution in [0.5, 0.6) is 0 Å². The molecule has 0 heterocycles. The van der Waals surface area contributed by atoms with E-state index in [-0.39, 0.29) is 0 Å². The van der Waals surface area contributed by atoms with E-state index < -0.39 is 0 Å². The van der Waals surface area contributed by atoms with Gasteiger partial charge >= 0.3 is 0 Å². The van der Waals surface area contributed by atoms with Crippen LogP contribution in [-0.2, 0) is 0 Å². The highest BCUT2D eigenvalue weighted by atomic mass is 14.5. The highest BCUT2D eigenvalue weighted by Crippen LogP contribution is 2.29. The van der Waals surface area contributed by atoms with E-state index in [2.05, 4.69) is 103 Å². The zero-order valence-electron chi connectivity index (χ0n) is 16.0. The minimum Gasteiger partial charge on any atom is -0.399 e. The summed E-state index contributed by atoms with van der Waals surface area (Å²) in [5.74, 6) is 0. The van der Waals surface area contributed by atoms with Crippen LogP contribution < -0.4 is 5.73 Å². The molecule has 5 rings (SSSR count). The number of hydrogen-bond donors (Lipinski definition) is 1. The lowest BCUT2D eigenvalue weighted by molar-refractivity contribution is 1.58. The molecule has 1 nitrogen and oxygen atoms in total. The molecule has 0 amide bonds. The molecular formula is C28H21N. The van der Waals surface area contributed by atoms with Crippen molar-refractivity contribution in [2.24, 2.45) is 0 Å². The van der Waals surface area contributed by atoms with Crippen molar-refractivity contribution in [2.75, 3.05) is 5.73 Å². The van der Waals surface area contributed by atoms with Gasteiger partial charge in [-0.3, -0.25) is 0 Å². The maximum absolute atomic E-state index is 5.79. The van der Waals surface area contributed by atoms with Crippen LogP contribution in [0.25, 0.3) is 44.2 Å². The van der Waals surface area contributed by atoms with Gasteiger partial charge in [-0.2, -0.15) is 0 Å². The van der Waals surface area contributed by atoms with E-state index in [4.69, 9.17) is 5.73 Å². The summed E-state index contributed by atoms with van der Waals surface area (Å²) in [4.78, 5) is 0. The maximum Gasteiger partial charge on any atom is 0.0314 e. The molecule has 0 spiro atoms. The minimum absolute atomic E-state index is 0.789. The summed E-state index contributed by atoms with van der Waals surface area (Å²) < 4.78 is 0. The Morgan fingerprint density at radius 2 is 0.724 bits per heavy atom. The van der Waals surface area contributed by atoms with E-state index in [1.165, 1.54) is 44.2 Å². The van der Waals surface area contributed by atoms with Gasteiger partial charge in [0, 0.05) is 5.69 Å². The van der Waals surface area contributed by atoms with Crippen molar-refractivity contribution in [3.8, 4) is 33.4 Å². The zero-order valence-corrected chi connectivity index (χ0v) is 16.0. The average Bonchev–Trinajstić information content (AvgIpc) is 2.79. The smallest absolute Gasteiger partial charge is 0.0314 e. The number of hydrogen-bond acceptors (Lipinski definition) is 1. The first-order chi connectivity index (χ1) is 14.3. The van der Waals surface area contributed by atoms with E-state index in [0.29, 0.717) is 0 Å². The Morgan fingerprint density at radius 3 is 1.24 bits per heavy atom. The first kappa shape index (κ1) is 17.3. The Labute approximate surface area is 171 Å². The number of anilines is 1. The molecular weight excluding hydrogens is 350 g/mol. The van der Waals surface area contributed by atoms with E-state index in [9.17, 15) is 0 Å². The zero-order chi connectivity index (χ0) is 19.6. The molecule has 0 atom stereocenters. The monoisotopic (exact) mass is 371 g/mol. The maximum atomic E-state index is 5.79. The number of nitrogen functional groups attached to an aromatic ring is 1. The summed E-state index contributed by atoms with van der Waals surface area (Å²) >= 11 is 0. The lowest BCUT2D eigenvalue weighted by Gasteiger charge is -2.08. The molecule has 0 bridgehead atoms. The number of fused-ring (bicyclic) bond motifs is 1. The van der Waals surface area contributed by atoms with Gasteiger partial charge in [-0.15, -0.1) is 0 Å². The van der Waals surface area contributed by atoms with Crippen LogP contribution in [0.1, 0.15) is 0 Å². The van der Waals surface area contributed by atoms with Crippen molar-refractivity contribution < 1.29 is 0 Å². The predicted molar refractivity (Wildman–Crippen MR) is 125 cm³/mol. The SMILES string of the molecule is Nc1ccc(-c2ccc(-c3ccc(-c4ccc5ccccc5c4)cc3)cc2)cc1. The normalized spacial score (nSPS) is 10.9. The van der Waals surface area contributed by atoms with Gasteiger partial charge < -0.3 is 5.73 Å². The van der Waals surface area contributed by atoms with Gasteiger partial charge in [0.1, 0.15) is 0 Å². The van der Waals surface area contributed by atoms with Gasteiger partial charge in [0.25, 0.3) is 0 Å². The van der Waals surface area contributed by atoms with Gasteiger partial charge in [-0.25, -0.2) is 0 Å². The van der Waals surface area contributed by atoms with Gasteiger partial charge in [0.15, 0.2) is 0 Å². The fourth-order valence-electron chi connectivity index (χ4n) is 3.75. The van der Waals surface area contributed by atoms with Gasteiger partial charge in [0.2, 0.25) is 0 Å². The van der Waals surface area contributed by atoms with E-state index in [0.717, 1.165) is 5.69 Å². The number of nitrogens with two attached hydrogens (primary N) is 1. The second kappa shape index (κ2) is 7.29. The standard InChI is InChI=1S/C28H21N/c29-28-17-15-24(16-18-28)23-7-5-21(6-8-23)22-9-11-25(12-10-22)27-14-13-20-3-1-2-4-26(20)19-27/h1-19H,29H2. The molecule has 0 aromatic heterocycles. The first-order valence-electron chi connectivity index (χ1n) is 9.82. The van der Waals surface area contributed by atoms with Gasteiger partial charge in [-0.1, -0.05) is 97.1 Å². The van der Waals surface area contributed by atoms with Crippen LogP contribution in [0.2, 0.25) is 0 Å². The second-order valence-corrected chi connectivity index (χ2v) is 7.34. The fourth-order valence-corrected chi connectivity index (χ4v) is 3.75. The molecule has 0 saturated carbocycles. The Balaban J connectivity index is 1.41. The second-order valence-electron chi connectivity index (χ2n) is 7.34. The lowest BCUT2D eigenvalue weighted by Crippen LogP contribution is -1.84. The molecule has 0 fully saturated rings. The molecule has 5 aromatic carbocycles. The molecule has 5 aromatic rings. The highest BCUT2D eigenvalue weighted by Gasteiger charge is 2.03. The third-order valence-electron chi connectivity index (χ3n) is 5.43. The van der Waals surface area contributed by atoms with Crippen molar-refractivity contribution in [1.82, 2.24) is 0 Å². The molecule has 1 heteroatoms. The van der Waals surface area contributed by atoms with E-state index in [1.807, 2.05) is 12.1 Å². The third-order valence-corrected chi connectivity index (χ3v) is 5.43. The summed E-state index contributed by atoms with van der Waals surface area (Å²) in [5, 5.41) is 2.54. The molecule has 0 aliphatic heterocycles. The third kappa shape index (κ3) is 3.51. The topological polar surface area (TPSA) is 26.0 Å². The van der Waals surface area contributed by atoms with Crippen LogP contribution in [0.15, 0.2) is 115 Å². The minimum atomic E-state index is 0.789. The summed E-state index contributed by atoms with van der Waals surface area (Å²) in [6.45, 7) is 0. The van der Waals surface area contributed by atoms with Crippen LogP contribution in [0.3, 0.4) is 0 Å². The molecule has 0 radical (unpaired) electrons. The summed E-state index contributed by atoms with van der Waals surface area (Å²) in [6, 6.07) is 40.6. The van der Waals surface area contributed by atoms with Crippen LogP contribution >= 0.6 is 0 Å². The average molecular weight is 371 g/mol. The Hall–Kier alpha value is -3.84. The summed E-state index contributed by atoms with van der Waals surface area (Å²) in [7, 11) is 0. The van der Waals surface area contributed by atoms with Crippen molar-refractivity contribution >= 4 is 16.5 Å². The molecule has 0 aliphatic carbocycles. The van der Waals surface area contributed by atoms with Crippen LogP contribution in [0.4, 0.5) is 5.69 Å². The molecule has 0 saturated heterocycles. The molecule has 29 heavy (non-hydrogen) atoms. The fraction of sp³-hybridized carbons (Fsp3) is 0. The van der Waals surface area contributed by atoms with Crippen molar-refractivity contribution in [2.45, 2.75) is 0 Å². The largest absolute Gasteiger partial charge is 0.399 e. The summed E-state index contributed by atoms with van der Waals surface area (Å²) in [5.41, 5.74) is 13.9. The lowest BCUT2D eigenvalue weighted by atomic mass is 9.97. The van der Waals surface area contributed by atoms with Crippen molar-refractivity contribution in [3.63, 3.8) is 0 Å². The van der Waals surface area contributed by atoms with E-state index in [1.54, 1.807) is 0 Å². The molecule has 2 N–H and O–H groups in total. The van der Waals surface area contributed by atoms with Crippen molar-refractivity contribution in [3.05, 3.63) is 115 Å². The molecule has 0 aliphatic rings. The Bertz CT molecular complexity index is 1270. The first-order valence-corrected chi connectivity index (χ1v) is 9.82. The quantitative estimate of drug-likeness (QED) is 0.328. The van der Waals surface area contributed by atoms with E-state index >= 15 is 0 Å². The summed E-state index contributed by atoms with van der Waals surface area (Å²) in [6.07, 6.45) is 0. The Morgan fingerprint density at radius 1 is 0.345 bits per heavy atom. The van der Waals surface area contributed by atoms with Gasteiger partial charge in [-0.05, 0) is 62.4 Å². The Kier molecular flexibility index (Phi) is 4.34. The predicted octanol–water partition coefficient (Wildman–Crippen LogP) is 7.42. The molecule has 138 valence electrons. The molecule has 0 unspecified atom stereocenters. The van der Waals surface area contributed by atoms with Crippen molar-refractivity contribution in [1.29, 1.82) is 0 Å². The van der Waals surface area contributed by atoms with Crippen LogP contribution in [0, 0.1) is 0 Å². The van der Waals surface area contributed by atoms with Gasteiger partial charge in [0.05, 0.1) is 0 Å². The highest BCUT2D eigenvalue weighted by molar-refractivity contribution is 5.87. The number of rotatable bonds is 3. The number of benzene rings is 5. The van der Waals surface area contributed by atoms with Crippen LogP contribution in [-0.4, -0.2) is 0 Å².